The van der Waals surface area contributed by atoms with Crippen LogP contribution in [-0.4, -0.2) is 204 Å². The summed E-state index contributed by atoms with van der Waals surface area (Å²) in [5, 5.41) is 38.5. The molecule has 622 valence electrons. The van der Waals surface area contributed by atoms with Crippen LogP contribution in [0.15, 0.2) is 204 Å². The van der Waals surface area contributed by atoms with Crippen LogP contribution in [-0.2, 0) is 30.1 Å². The highest BCUT2D eigenvalue weighted by atomic mass is 79.9. The third kappa shape index (κ3) is 23.2. The molecule has 42 heteroatoms. The number of rotatable bonds is 16. The van der Waals surface area contributed by atoms with E-state index in [2.05, 4.69) is 118 Å². The molecule has 15 rings (SSSR count). The molecule has 0 unspecified atom stereocenters. The summed E-state index contributed by atoms with van der Waals surface area (Å²) in [4.78, 5) is 138. The van der Waals surface area contributed by atoms with Gasteiger partial charge in [0, 0.05) is 49.8 Å². The Morgan fingerprint density at radius 3 is 1.32 bits per heavy atom. The van der Waals surface area contributed by atoms with E-state index >= 15 is 0 Å². The number of amides is 3. The normalized spacial score (nSPS) is 10.4. The molecule has 36 nitrogen and oxygen atoms in total. The number of fused-ring (bicyclic) bond motifs is 5. The average Bonchev–Trinajstić information content (AvgIpc) is 1.64. The predicted octanol–water partition coefficient (Wildman–Crippen LogP) is 13.4. The zero-order valence-corrected chi connectivity index (χ0v) is 72.0. The maximum Gasteiger partial charge on any atom is 0.357 e. The van der Waals surface area contributed by atoms with Gasteiger partial charge in [0.05, 0.1) is 144 Å². The van der Waals surface area contributed by atoms with Gasteiger partial charge >= 0.3 is 35.8 Å². The highest BCUT2D eigenvalue weighted by Gasteiger charge is 2.24. The Balaban J connectivity index is 0.000000169. The maximum atomic E-state index is 13.2. The molecule has 0 bridgehead atoms. The second-order valence-corrected chi connectivity index (χ2v) is 27.9. The van der Waals surface area contributed by atoms with Crippen LogP contribution in [0.2, 0.25) is 15.1 Å². The zero-order valence-electron chi connectivity index (χ0n) is 65.0. The lowest BCUT2D eigenvalue weighted by atomic mass is 10.0. The predicted molar refractivity (Wildman–Crippen MR) is 453 cm³/mol. The largest absolute Gasteiger partial charge is 0.477 e. The number of carbonyl (C=O) groups is 10. The molecule has 15 aromatic rings. The summed E-state index contributed by atoms with van der Waals surface area (Å²) in [6, 6.07) is 33.2. The number of methoxy groups -OCH3 is 3. The number of carbonyl (C=O) groups excluding carboxylic acids is 9. The average molecular weight is 1900 g/mol. The Bertz CT molecular complexity index is 6300. The summed E-state index contributed by atoms with van der Waals surface area (Å²) in [5.74, 6) is -4.34. The van der Waals surface area contributed by atoms with Crippen LogP contribution in [0.5, 0.6) is 0 Å². The number of carboxylic acid groups (broad SMARTS) is 1. The van der Waals surface area contributed by atoms with Gasteiger partial charge in [-0.1, -0.05) is 59.9 Å². The number of nitrogens with one attached hydrogen (secondary N) is 2. The van der Waals surface area contributed by atoms with E-state index in [0.717, 1.165) is 53.1 Å². The topological polar surface area (TPSA) is 435 Å². The number of aromatic nitrogens is 17. The summed E-state index contributed by atoms with van der Waals surface area (Å²) in [7, 11) is 8.61. The van der Waals surface area contributed by atoms with E-state index in [-0.39, 0.29) is 67.6 Å². The summed E-state index contributed by atoms with van der Waals surface area (Å²) in [6.45, 7) is 6.22. The minimum Gasteiger partial charge on any atom is -0.477 e. The highest BCUT2D eigenvalue weighted by molar-refractivity contribution is 9.11. The number of nitrogens with zero attached hydrogens (tertiary/aromatic N) is 18. The number of aldehydes is 1. The van der Waals surface area contributed by atoms with Gasteiger partial charge in [-0.05, 0) is 182 Å². The summed E-state index contributed by atoms with van der Waals surface area (Å²) < 4.78 is 33.8. The van der Waals surface area contributed by atoms with E-state index < -0.39 is 29.8 Å². The van der Waals surface area contributed by atoms with Crippen LogP contribution in [0.1, 0.15) is 131 Å². The van der Waals surface area contributed by atoms with Crippen molar-refractivity contribution in [2.45, 2.75) is 27.2 Å². The second kappa shape index (κ2) is 43.2. The Hall–Kier alpha value is -13.6. The van der Waals surface area contributed by atoms with Crippen molar-refractivity contribution in [1.82, 2.24) is 88.5 Å². The van der Waals surface area contributed by atoms with Crippen LogP contribution in [0.25, 0.3) is 38.7 Å². The highest BCUT2D eigenvalue weighted by Crippen LogP contribution is 2.30. The lowest BCUT2D eigenvalue weighted by Gasteiger charge is -2.18. The molecule has 11 aromatic heterocycles. The van der Waals surface area contributed by atoms with Crippen LogP contribution >= 0.6 is 82.6 Å². The van der Waals surface area contributed by atoms with E-state index in [1.807, 2.05) is 25.1 Å². The number of anilines is 2. The minimum atomic E-state index is -1.05. The first kappa shape index (κ1) is 91.3. The molecule has 11 heterocycles. The van der Waals surface area contributed by atoms with Crippen molar-refractivity contribution in [2.75, 3.05) is 65.5 Å². The molecule has 3 amide bonds. The standard InChI is InChI=1S/C24H20ClN5O4.C16H12BrClN4O3.C10H11ClO2.C9H8BrN3O2.C9H9N3O2.C7H4BrN3O2.C4H4N2O/c1-26-22(31)15-6-4-14(5-7-15)18-12-28-30-13-27-20(11-21(18)30)23(32)29(2)16-8-9-19(25)17(10-16)24(33)34-3;1-21(9-3-4-12(18)10(5-9)16(24)25-2)15(23)13-6-14-11(17)7-20-22(14)8-19-13;1-3-7-4-5-9(11)8(6-7)10(12)13-2;1-2-15-9(14)7-3-8-6(10)4-12-13(8)5-11-7;1-2-14-9(13)8-5-7-3-4-11-12(7)6-10-8;8-4-2-10-11-3-9-5(7(12)13)1-6(4)11;7-3-4-1-2-5-6-4/h4-13H,1-3H3,(H,26,31);3-8H,1-2H3;4-6H,3H2,1-2H3;3-5H,2H2,1H3;3-6H,2H2,1H3;1-3H,(H,12,13);1-3H,(H,5,6). The van der Waals surface area contributed by atoms with E-state index in [4.69, 9.17) is 58.9 Å². The monoisotopic (exact) mass is 1890 g/mol. The molecule has 0 saturated carbocycles. The van der Waals surface area contributed by atoms with Crippen LogP contribution < -0.4 is 15.1 Å². The van der Waals surface area contributed by atoms with E-state index in [1.165, 1.54) is 104 Å². The molecular weight excluding hydrogens is 1830 g/mol. The van der Waals surface area contributed by atoms with Gasteiger partial charge in [0.1, 0.15) is 43.0 Å². The van der Waals surface area contributed by atoms with Gasteiger partial charge in [-0.15, -0.1) is 0 Å². The number of aromatic carboxylic acids is 1. The van der Waals surface area contributed by atoms with Crippen molar-refractivity contribution in [1.29, 1.82) is 0 Å². The molecule has 0 fully saturated rings. The lowest BCUT2D eigenvalue weighted by Crippen LogP contribution is -2.27. The van der Waals surface area contributed by atoms with Gasteiger partial charge in [0.15, 0.2) is 23.4 Å². The molecule has 121 heavy (non-hydrogen) atoms. The number of H-pyrrole nitrogens is 1. The van der Waals surface area contributed by atoms with Crippen molar-refractivity contribution in [3.63, 3.8) is 0 Å². The van der Waals surface area contributed by atoms with Crippen molar-refractivity contribution < 1.29 is 76.7 Å². The molecule has 0 saturated heterocycles. The summed E-state index contributed by atoms with van der Waals surface area (Å²) in [6.07, 6.45) is 18.5. The number of ether oxygens (including phenoxy) is 5. The number of hydrogen-bond donors (Lipinski definition) is 3. The molecule has 3 N–H and O–H groups in total. The molecule has 4 aromatic carbocycles. The van der Waals surface area contributed by atoms with Crippen molar-refractivity contribution in [3.05, 3.63) is 281 Å². The Labute approximate surface area is 726 Å². The number of halogens is 6. The first-order valence-electron chi connectivity index (χ1n) is 35.2. The molecule has 0 radical (unpaired) electrons. The van der Waals surface area contributed by atoms with E-state index in [9.17, 15) is 47.9 Å². The molecule has 0 atom stereocenters. The SMILES string of the molecule is CCOC(=O)c1cc2c(Br)cnn2cn1.CCOC(=O)c1cc2ccnn2cn1.CCc1ccc(Cl)c(C(=O)OC)c1.CNC(=O)c1ccc(-c2cnn3cnc(C(=O)N(C)c4ccc(Cl)c(C(=O)OC)c4)cc23)cc1.COC(=O)c1cc(N(C)C(=O)c2cc3c(Br)cnn3cn2)ccc1Cl.O=C(O)c1cc2c(Br)cnn2cn1.O=Cc1ccn[nH]1. The fourth-order valence-electron chi connectivity index (χ4n) is 10.4. The van der Waals surface area contributed by atoms with Gasteiger partial charge < -0.3 is 43.9 Å². The van der Waals surface area contributed by atoms with Crippen molar-refractivity contribution in [2.24, 2.45) is 0 Å². The number of carboxylic acids is 1. The number of benzene rings is 4. The fraction of sp³-hybridized carbons (Fsp3) is 0.152. The van der Waals surface area contributed by atoms with E-state index in [1.54, 1.807) is 157 Å². The number of aryl methyl sites for hydroxylation is 1. The molecule has 0 aliphatic heterocycles. The number of esters is 5. The third-order valence-corrected chi connectivity index (χ3v) is 19.5. The third-order valence-electron chi connectivity index (χ3n) is 16.7. The summed E-state index contributed by atoms with van der Waals surface area (Å²) >= 11 is 27.9. The maximum absolute atomic E-state index is 13.2. The number of aromatic amines is 1. The first-order chi connectivity index (χ1) is 58.1. The number of hydrogen-bond acceptors (Lipinski definition) is 26. The molecule has 0 aliphatic carbocycles. The first-order valence-corrected chi connectivity index (χ1v) is 38.7. The Kier molecular flexibility index (Phi) is 32.6. The van der Waals surface area contributed by atoms with E-state index in [0.29, 0.717) is 69.4 Å². The minimum absolute atomic E-state index is 0.00806. The Morgan fingerprint density at radius 2 is 0.893 bits per heavy atom. The lowest BCUT2D eigenvalue weighted by molar-refractivity contribution is 0.0510. The van der Waals surface area contributed by atoms with Gasteiger partial charge in [0.2, 0.25) is 0 Å². The van der Waals surface area contributed by atoms with Gasteiger partial charge in [0.25, 0.3) is 17.7 Å². The summed E-state index contributed by atoms with van der Waals surface area (Å²) in [5.41, 5.74) is 10.2. The van der Waals surface area contributed by atoms with Crippen LogP contribution in [0, 0.1) is 0 Å². The smallest absolute Gasteiger partial charge is 0.357 e. The van der Waals surface area contributed by atoms with Gasteiger partial charge in [-0.2, -0.15) is 30.6 Å². The molecule has 0 spiro atoms. The van der Waals surface area contributed by atoms with Crippen molar-refractivity contribution in [3.8, 4) is 11.1 Å². The van der Waals surface area contributed by atoms with Gasteiger partial charge in [-0.3, -0.25) is 24.3 Å². The van der Waals surface area contributed by atoms with Crippen LogP contribution in [0.3, 0.4) is 0 Å². The second-order valence-electron chi connectivity index (χ2n) is 24.2. The fourth-order valence-corrected chi connectivity index (χ4v) is 12.2. The Morgan fingerprint density at radius 1 is 0.479 bits per heavy atom. The van der Waals surface area contributed by atoms with Gasteiger partial charge in [-0.25, -0.2) is 76.3 Å². The quantitative estimate of drug-likeness (QED) is 0.0459. The molecule has 0 aliphatic rings. The zero-order chi connectivity index (χ0) is 87.7. The molecular formula is C79H68Br3Cl3N20O16. The van der Waals surface area contributed by atoms with Crippen LogP contribution in [0.4, 0.5) is 11.4 Å². The van der Waals surface area contributed by atoms with Crippen molar-refractivity contribution >= 4 is 181 Å².